The second-order valence-corrected chi connectivity index (χ2v) is 3.48. The Hall–Kier alpha value is -0.830. The van der Waals surface area contributed by atoms with Crippen LogP contribution in [-0.2, 0) is 7.05 Å². The Bertz CT molecular complexity index is 265. The van der Waals surface area contributed by atoms with Gasteiger partial charge in [-0.25, -0.2) is 4.98 Å². The van der Waals surface area contributed by atoms with E-state index in [-0.39, 0.29) is 5.92 Å². The highest BCUT2D eigenvalue weighted by Crippen LogP contribution is 2.20. The monoisotopic (exact) mass is 168 g/mol. The molecule has 0 aliphatic carbocycles. The number of aryl methyl sites for hydroxylation is 1. The molecule has 1 aromatic rings. The zero-order valence-electron chi connectivity index (χ0n) is 8.07. The second-order valence-electron chi connectivity index (χ2n) is 3.48. The van der Waals surface area contributed by atoms with Crippen LogP contribution >= 0.6 is 0 Å². The molecule has 1 atom stereocenters. The molecule has 0 fully saturated rings. The summed E-state index contributed by atoms with van der Waals surface area (Å²) < 4.78 is 1.92. The van der Waals surface area contributed by atoms with Gasteiger partial charge in [0.1, 0.15) is 5.82 Å². The molecule has 0 bridgehead atoms. The summed E-state index contributed by atoms with van der Waals surface area (Å²) in [6.07, 6.45) is 1.33. The molecule has 0 amide bonds. The molecule has 1 aromatic heterocycles. The van der Waals surface area contributed by atoms with Crippen LogP contribution in [0.5, 0.6) is 0 Å². The summed E-state index contributed by atoms with van der Waals surface area (Å²) in [5, 5.41) is 9.73. The predicted molar refractivity (Wildman–Crippen MR) is 47.7 cm³/mol. The van der Waals surface area contributed by atoms with Crippen molar-refractivity contribution in [1.82, 2.24) is 9.55 Å². The second kappa shape index (κ2) is 3.27. The molecule has 0 aliphatic rings. The molecule has 0 radical (unpaired) electrons. The first-order valence-electron chi connectivity index (χ1n) is 4.20. The number of rotatable bonds is 2. The van der Waals surface area contributed by atoms with Crippen LogP contribution in [0.3, 0.4) is 0 Å². The molecule has 0 spiro atoms. The molecule has 68 valence electrons. The summed E-state index contributed by atoms with van der Waals surface area (Å²) in [7, 11) is 1.92. The molecule has 1 unspecified atom stereocenters. The van der Waals surface area contributed by atoms with Crippen molar-refractivity contribution in [1.29, 1.82) is 0 Å². The summed E-state index contributed by atoms with van der Waals surface area (Å²) in [6, 6.07) is 0. The van der Waals surface area contributed by atoms with Gasteiger partial charge in [-0.3, -0.25) is 0 Å². The van der Waals surface area contributed by atoms with Crippen LogP contribution in [0.25, 0.3) is 0 Å². The lowest BCUT2D eigenvalue weighted by atomic mass is 10.1. The predicted octanol–water partition coefficient (Wildman–Crippen LogP) is 1.42. The van der Waals surface area contributed by atoms with Gasteiger partial charge in [-0.05, 0) is 12.8 Å². The molecule has 3 heteroatoms. The Balaban J connectivity index is 2.95. The molecule has 1 heterocycles. The van der Waals surface area contributed by atoms with Crippen LogP contribution < -0.4 is 0 Å². The van der Waals surface area contributed by atoms with E-state index in [9.17, 15) is 5.11 Å². The van der Waals surface area contributed by atoms with Gasteiger partial charge in [0, 0.05) is 7.05 Å². The third-order valence-electron chi connectivity index (χ3n) is 2.19. The Morgan fingerprint density at radius 3 is 2.42 bits per heavy atom. The number of aromatic nitrogens is 2. The van der Waals surface area contributed by atoms with Crippen molar-refractivity contribution in [3.63, 3.8) is 0 Å². The average molecular weight is 168 g/mol. The molecule has 12 heavy (non-hydrogen) atoms. The van der Waals surface area contributed by atoms with E-state index in [2.05, 4.69) is 4.98 Å². The van der Waals surface area contributed by atoms with Gasteiger partial charge in [0.15, 0.2) is 0 Å². The fourth-order valence-corrected chi connectivity index (χ4v) is 1.14. The topological polar surface area (TPSA) is 38.1 Å². The maximum atomic E-state index is 9.73. The number of nitrogens with zero attached hydrogens (tertiary/aromatic N) is 2. The third-order valence-corrected chi connectivity index (χ3v) is 2.19. The number of aliphatic hydroxyl groups is 1. The van der Waals surface area contributed by atoms with Gasteiger partial charge >= 0.3 is 0 Å². The lowest BCUT2D eigenvalue weighted by Gasteiger charge is -2.14. The van der Waals surface area contributed by atoms with Gasteiger partial charge in [-0.15, -0.1) is 0 Å². The van der Waals surface area contributed by atoms with Gasteiger partial charge in [-0.2, -0.15) is 0 Å². The van der Waals surface area contributed by atoms with Gasteiger partial charge in [0.05, 0.1) is 18.0 Å². The number of aliphatic hydroxyl groups excluding tert-OH is 1. The lowest BCUT2D eigenvalue weighted by Crippen LogP contribution is -2.10. The minimum Gasteiger partial charge on any atom is -0.387 e. The van der Waals surface area contributed by atoms with Gasteiger partial charge < -0.3 is 9.67 Å². The number of hydrogen-bond donors (Lipinski definition) is 1. The van der Waals surface area contributed by atoms with Crippen molar-refractivity contribution in [3.8, 4) is 0 Å². The van der Waals surface area contributed by atoms with E-state index in [1.54, 1.807) is 6.20 Å². The number of hydrogen-bond acceptors (Lipinski definition) is 2. The fourth-order valence-electron chi connectivity index (χ4n) is 1.14. The van der Waals surface area contributed by atoms with Crippen LogP contribution in [-0.4, -0.2) is 14.7 Å². The molecule has 3 nitrogen and oxygen atoms in total. The van der Waals surface area contributed by atoms with Crippen LogP contribution in [0, 0.1) is 12.8 Å². The first-order chi connectivity index (χ1) is 5.54. The minimum atomic E-state index is -0.406. The van der Waals surface area contributed by atoms with Crippen LogP contribution in [0.2, 0.25) is 0 Å². The molecule has 0 aromatic carbocycles. The van der Waals surface area contributed by atoms with Crippen molar-refractivity contribution in [2.45, 2.75) is 26.9 Å². The van der Waals surface area contributed by atoms with E-state index in [0.29, 0.717) is 0 Å². The molecule has 0 aliphatic heterocycles. The van der Waals surface area contributed by atoms with Crippen molar-refractivity contribution in [2.75, 3.05) is 0 Å². The Morgan fingerprint density at radius 1 is 1.50 bits per heavy atom. The molecule has 1 N–H and O–H groups in total. The van der Waals surface area contributed by atoms with E-state index in [1.807, 2.05) is 32.4 Å². The van der Waals surface area contributed by atoms with Crippen LogP contribution in [0.1, 0.15) is 31.5 Å². The highest BCUT2D eigenvalue weighted by atomic mass is 16.3. The van der Waals surface area contributed by atoms with E-state index in [1.165, 1.54) is 0 Å². The smallest absolute Gasteiger partial charge is 0.105 e. The molecular weight excluding hydrogens is 152 g/mol. The largest absolute Gasteiger partial charge is 0.387 e. The lowest BCUT2D eigenvalue weighted by molar-refractivity contribution is 0.119. The Morgan fingerprint density at radius 2 is 2.08 bits per heavy atom. The fraction of sp³-hybridized carbons (Fsp3) is 0.667. The summed E-state index contributed by atoms with van der Waals surface area (Å²) in [5.41, 5.74) is 0.891. The van der Waals surface area contributed by atoms with Crippen molar-refractivity contribution in [3.05, 3.63) is 17.7 Å². The summed E-state index contributed by atoms with van der Waals surface area (Å²) in [5.74, 6) is 1.17. The molecule has 0 saturated carbocycles. The van der Waals surface area contributed by atoms with Crippen molar-refractivity contribution in [2.24, 2.45) is 13.0 Å². The van der Waals surface area contributed by atoms with Gasteiger partial charge in [-0.1, -0.05) is 13.8 Å². The first kappa shape index (κ1) is 9.26. The summed E-state index contributed by atoms with van der Waals surface area (Å²) in [6.45, 7) is 5.91. The maximum Gasteiger partial charge on any atom is 0.105 e. The zero-order chi connectivity index (χ0) is 9.30. The highest BCUT2D eigenvalue weighted by molar-refractivity contribution is 5.07. The van der Waals surface area contributed by atoms with Gasteiger partial charge in [0.2, 0.25) is 0 Å². The van der Waals surface area contributed by atoms with E-state index in [0.717, 1.165) is 11.5 Å². The zero-order valence-corrected chi connectivity index (χ0v) is 8.07. The van der Waals surface area contributed by atoms with Crippen molar-refractivity contribution >= 4 is 0 Å². The van der Waals surface area contributed by atoms with E-state index >= 15 is 0 Å². The first-order valence-corrected chi connectivity index (χ1v) is 4.20. The third kappa shape index (κ3) is 1.50. The van der Waals surface area contributed by atoms with E-state index < -0.39 is 6.10 Å². The average Bonchev–Trinajstić information content (AvgIpc) is 2.32. The summed E-state index contributed by atoms with van der Waals surface area (Å²) in [4.78, 5) is 4.12. The quantitative estimate of drug-likeness (QED) is 0.725. The molecule has 1 rings (SSSR count). The maximum absolute atomic E-state index is 9.73. The highest BCUT2D eigenvalue weighted by Gasteiger charge is 2.16. The van der Waals surface area contributed by atoms with Crippen LogP contribution in [0.4, 0.5) is 0 Å². The molecular formula is C9H16N2O. The SMILES string of the molecule is Cc1ncc(C(O)C(C)C)n1C. The minimum absolute atomic E-state index is 0.236. The number of imidazole rings is 1. The normalized spacial score (nSPS) is 13.8. The summed E-state index contributed by atoms with van der Waals surface area (Å²) >= 11 is 0. The Labute approximate surface area is 73.1 Å². The Kier molecular flexibility index (Phi) is 2.52. The standard InChI is InChI=1S/C9H16N2O/c1-6(2)9(12)8-5-10-7(3)11(8)4/h5-6,9,12H,1-4H3. The van der Waals surface area contributed by atoms with E-state index in [4.69, 9.17) is 0 Å². The molecule has 0 saturated heterocycles. The van der Waals surface area contributed by atoms with Crippen molar-refractivity contribution < 1.29 is 5.11 Å². The van der Waals surface area contributed by atoms with Crippen LogP contribution in [0.15, 0.2) is 6.20 Å². The van der Waals surface area contributed by atoms with Gasteiger partial charge in [0.25, 0.3) is 0 Å².